The van der Waals surface area contributed by atoms with Crippen molar-refractivity contribution in [3.63, 3.8) is 0 Å². The van der Waals surface area contributed by atoms with Crippen LogP contribution in [0.2, 0.25) is 0 Å². The lowest BCUT2D eigenvalue weighted by Gasteiger charge is -2.33. The third kappa shape index (κ3) is 6.39. The fraction of sp³-hybridized carbons (Fsp3) is 1.00. The van der Waals surface area contributed by atoms with E-state index < -0.39 is 5.60 Å². The zero-order valence-corrected chi connectivity index (χ0v) is 10.5. The van der Waals surface area contributed by atoms with Crippen LogP contribution in [0.15, 0.2) is 0 Å². The Kier molecular flexibility index (Phi) is 6.38. The Morgan fingerprint density at radius 3 is 2.21 bits per heavy atom. The summed E-state index contributed by atoms with van der Waals surface area (Å²) in [5, 5.41) is 9.79. The molecule has 14 heavy (non-hydrogen) atoms. The van der Waals surface area contributed by atoms with Crippen molar-refractivity contribution in [1.82, 2.24) is 4.90 Å². The van der Waals surface area contributed by atoms with E-state index in [9.17, 15) is 5.11 Å². The average molecular weight is 201 g/mol. The molecule has 2 heteroatoms. The van der Waals surface area contributed by atoms with Gasteiger partial charge in [-0.25, -0.2) is 0 Å². The summed E-state index contributed by atoms with van der Waals surface area (Å²) < 4.78 is 0. The number of aliphatic hydroxyl groups is 1. The second-order valence-electron chi connectivity index (χ2n) is 4.89. The molecule has 0 heterocycles. The third-order valence-electron chi connectivity index (χ3n) is 2.60. The van der Waals surface area contributed by atoms with Crippen LogP contribution in [0.25, 0.3) is 0 Å². The van der Waals surface area contributed by atoms with Gasteiger partial charge in [0.2, 0.25) is 0 Å². The Morgan fingerprint density at radius 1 is 1.29 bits per heavy atom. The Hall–Kier alpha value is -0.0800. The Balaban J connectivity index is 4.10. The zero-order chi connectivity index (χ0) is 11.2. The first kappa shape index (κ1) is 13.9. The SMILES string of the molecule is CCCCN(CC(C)(C)O)C(C)CC. The molecule has 0 saturated carbocycles. The van der Waals surface area contributed by atoms with Gasteiger partial charge in [0.1, 0.15) is 0 Å². The van der Waals surface area contributed by atoms with E-state index in [4.69, 9.17) is 0 Å². The minimum atomic E-state index is -0.572. The summed E-state index contributed by atoms with van der Waals surface area (Å²) in [4.78, 5) is 2.39. The number of unbranched alkanes of at least 4 members (excludes halogenated alkanes) is 1. The van der Waals surface area contributed by atoms with Gasteiger partial charge in [0.05, 0.1) is 5.60 Å². The van der Waals surface area contributed by atoms with Crippen LogP contribution in [-0.2, 0) is 0 Å². The molecular formula is C12H27NO. The van der Waals surface area contributed by atoms with Crippen LogP contribution in [0, 0.1) is 0 Å². The van der Waals surface area contributed by atoms with Gasteiger partial charge in [-0.2, -0.15) is 0 Å². The van der Waals surface area contributed by atoms with Crippen molar-refractivity contribution in [1.29, 1.82) is 0 Å². The molecule has 0 aromatic heterocycles. The summed E-state index contributed by atoms with van der Waals surface area (Å²) in [6, 6.07) is 0.577. The lowest BCUT2D eigenvalue weighted by Crippen LogP contribution is -2.43. The van der Waals surface area contributed by atoms with Crippen LogP contribution in [0.4, 0.5) is 0 Å². The molecule has 0 aromatic rings. The zero-order valence-electron chi connectivity index (χ0n) is 10.5. The molecule has 0 aliphatic heterocycles. The van der Waals surface area contributed by atoms with E-state index in [2.05, 4.69) is 25.7 Å². The second kappa shape index (κ2) is 6.41. The molecule has 0 saturated heterocycles. The monoisotopic (exact) mass is 201 g/mol. The highest BCUT2D eigenvalue weighted by Crippen LogP contribution is 2.11. The van der Waals surface area contributed by atoms with Gasteiger partial charge in [-0.05, 0) is 40.2 Å². The molecule has 0 spiro atoms. The Bertz CT molecular complexity index is 140. The van der Waals surface area contributed by atoms with E-state index in [0.717, 1.165) is 19.5 Å². The minimum Gasteiger partial charge on any atom is -0.389 e. The first-order valence-corrected chi connectivity index (χ1v) is 5.87. The average Bonchev–Trinajstić information content (AvgIpc) is 2.09. The molecule has 0 bridgehead atoms. The van der Waals surface area contributed by atoms with Gasteiger partial charge in [0.25, 0.3) is 0 Å². The predicted octanol–water partition coefficient (Wildman–Crippen LogP) is 2.66. The largest absolute Gasteiger partial charge is 0.389 e. The van der Waals surface area contributed by atoms with Gasteiger partial charge < -0.3 is 5.11 Å². The van der Waals surface area contributed by atoms with E-state index in [1.165, 1.54) is 12.8 Å². The molecule has 0 fully saturated rings. The van der Waals surface area contributed by atoms with Gasteiger partial charge >= 0.3 is 0 Å². The standard InChI is InChI=1S/C12H27NO/c1-6-8-9-13(11(3)7-2)10-12(4,5)14/h11,14H,6-10H2,1-5H3. The van der Waals surface area contributed by atoms with Crippen LogP contribution < -0.4 is 0 Å². The van der Waals surface area contributed by atoms with Crippen molar-refractivity contribution >= 4 is 0 Å². The van der Waals surface area contributed by atoms with Gasteiger partial charge in [-0.3, -0.25) is 4.90 Å². The fourth-order valence-corrected chi connectivity index (χ4v) is 1.57. The van der Waals surface area contributed by atoms with Crippen molar-refractivity contribution in [2.45, 2.75) is 65.5 Å². The highest BCUT2D eigenvalue weighted by atomic mass is 16.3. The molecule has 0 amide bonds. The fourth-order valence-electron chi connectivity index (χ4n) is 1.57. The summed E-state index contributed by atoms with van der Waals surface area (Å²) >= 11 is 0. The minimum absolute atomic E-state index is 0.572. The first-order chi connectivity index (χ1) is 6.40. The van der Waals surface area contributed by atoms with Crippen LogP contribution in [-0.4, -0.2) is 34.7 Å². The predicted molar refractivity (Wildman–Crippen MR) is 62.5 cm³/mol. The lowest BCUT2D eigenvalue weighted by molar-refractivity contribution is 0.0220. The summed E-state index contributed by atoms with van der Waals surface area (Å²) in [5.41, 5.74) is -0.572. The maximum absolute atomic E-state index is 9.79. The third-order valence-corrected chi connectivity index (χ3v) is 2.60. The van der Waals surface area contributed by atoms with Crippen LogP contribution in [0.3, 0.4) is 0 Å². The van der Waals surface area contributed by atoms with E-state index in [1.54, 1.807) is 0 Å². The molecule has 0 aliphatic rings. The summed E-state index contributed by atoms with van der Waals surface area (Å²) in [7, 11) is 0. The van der Waals surface area contributed by atoms with Crippen LogP contribution >= 0.6 is 0 Å². The molecule has 1 atom stereocenters. The Morgan fingerprint density at radius 2 is 1.86 bits per heavy atom. The Labute approximate surface area is 89.3 Å². The van der Waals surface area contributed by atoms with Gasteiger partial charge in [0.15, 0.2) is 0 Å². The second-order valence-corrected chi connectivity index (χ2v) is 4.89. The normalized spacial score (nSPS) is 14.8. The van der Waals surface area contributed by atoms with Crippen molar-refractivity contribution in [2.75, 3.05) is 13.1 Å². The van der Waals surface area contributed by atoms with Gasteiger partial charge in [-0.15, -0.1) is 0 Å². The topological polar surface area (TPSA) is 23.5 Å². The van der Waals surface area contributed by atoms with Crippen molar-refractivity contribution in [2.24, 2.45) is 0 Å². The molecule has 86 valence electrons. The number of rotatable bonds is 7. The van der Waals surface area contributed by atoms with Crippen molar-refractivity contribution in [3.05, 3.63) is 0 Å². The number of hydrogen-bond donors (Lipinski definition) is 1. The van der Waals surface area contributed by atoms with Crippen LogP contribution in [0.1, 0.15) is 53.9 Å². The lowest BCUT2D eigenvalue weighted by atomic mass is 10.1. The molecule has 0 aromatic carbocycles. The quantitative estimate of drug-likeness (QED) is 0.684. The van der Waals surface area contributed by atoms with Crippen LogP contribution in [0.5, 0.6) is 0 Å². The molecule has 0 rings (SSSR count). The maximum atomic E-state index is 9.79. The highest BCUT2D eigenvalue weighted by molar-refractivity contribution is 4.75. The first-order valence-electron chi connectivity index (χ1n) is 5.87. The summed E-state index contributed by atoms with van der Waals surface area (Å²) in [5.74, 6) is 0. The molecule has 2 nitrogen and oxygen atoms in total. The summed E-state index contributed by atoms with van der Waals surface area (Å²) in [6.45, 7) is 12.3. The van der Waals surface area contributed by atoms with Gasteiger partial charge in [0, 0.05) is 12.6 Å². The molecule has 0 radical (unpaired) electrons. The van der Waals surface area contributed by atoms with Crippen molar-refractivity contribution in [3.8, 4) is 0 Å². The van der Waals surface area contributed by atoms with E-state index in [1.807, 2.05) is 13.8 Å². The number of nitrogens with zero attached hydrogens (tertiary/aromatic N) is 1. The molecule has 0 aliphatic carbocycles. The van der Waals surface area contributed by atoms with Gasteiger partial charge in [-0.1, -0.05) is 20.3 Å². The van der Waals surface area contributed by atoms with E-state index in [0.29, 0.717) is 6.04 Å². The molecule has 1 unspecified atom stereocenters. The summed E-state index contributed by atoms with van der Waals surface area (Å²) in [6.07, 6.45) is 3.60. The molecular weight excluding hydrogens is 174 g/mol. The molecule has 1 N–H and O–H groups in total. The highest BCUT2D eigenvalue weighted by Gasteiger charge is 2.20. The van der Waals surface area contributed by atoms with E-state index >= 15 is 0 Å². The van der Waals surface area contributed by atoms with E-state index in [-0.39, 0.29) is 0 Å². The number of hydrogen-bond acceptors (Lipinski definition) is 2. The van der Waals surface area contributed by atoms with Crippen molar-refractivity contribution < 1.29 is 5.11 Å². The smallest absolute Gasteiger partial charge is 0.0718 e. The maximum Gasteiger partial charge on any atom is 0.0718 e.